The Morgan fingerprint density at radius 3 is 2.46 bits per heavy atom. The standard InChI is InChI=1S/C9H16F2O2/c1-4-5-6-7(2)9(10,11)8(12)13-3/h7H,4-6H2,1-3H3. The average molecular weight is 194 g/mol. The number of methoxy groups -OCH3 is 1. The van der Waals surface area contributed by atoms with E-state index in [1.54, 1.807) is 0 Å². The summed E-state index contributed by atoms with van der Waals surface area (Å²) in [6.07, 6.45) is 1.90. The lowest BCUT2D eigenvalue weighted by atomic mass is 9.97. The summed E-state index contributed by atoms with van der Waals surface area (Å²) < 4.78 is 30.1. The summed E-state index contributed by atoms with van der Waals surface area (Å²) in [5, 5.41) is 0. The lowest BCUT2D eigenvalue weighted by Crippen LogP contribution is -2.36. The van der Waals surface area contributed by atoms with Crippen molar-refractivity contribution in [3.63, 3.8) is 0 Å². The largest absolute Gasteiger partial charge is 0.465 e. The number of rotatable bonds is 5. The van der Waals surface area contributed by atoms with Crippen LogP contribution in [0.5, 0.6) is 0 Å². The molecule has 0 aliphatic carbocycles. The van der Waals surface area contributed by atoms with Crippen LogP contribution in [0.15, 0.2) is 0 Å². The van der Waals surface area contributed by atoms with Gasteiger partial charge in [0.2, 0.25) is 0 Å². The molecule has 0 amide bonds. The van der Waals surface area contributed by atoms with Gasteiger partial charge in [-0.05, 0) is 6.42 Å². The Balaban J connectivity index is 4.17. The minimum atomic E-state index is -3.34. The van der Waals surface area contributed by atoms with Gasteiger partial charge in [-0.25, -0.2) is 4.79 Å². The van der Waals surface area contributed by atoms with Gasteiger partial charge >= 0.3 is 11.9 Å². The summed E-state index contributed by atoms with van der Waals surface area (Å²) in [6.45, 7) is 3.29. The van der Waals surface area contributed by atoms with Gasteiger partial charge in [-0.3, -0.25) is 0 Å². The number of esters is 1. The second kappa shape index (κ2) is 5.14. The zero-order valence-corrected chi connectivity index (χ0v) is 8.27. The van der Waals surface area contributed by atoms with Gasteiger partial charge in [-0.1, -0.05) is 26.7 Å². The molecule has 0 spiro atoms. The Morgan fingerprint density at radius 2 is 2.08 bits per heavy atom. The highest BCUT2D eigenvalue weighted by Gasteiger charge is 2.45. The molecule has 78 valence electrons. The quantitative estimate of drug-likeness (QED) is 0.629. The minimum absolute atomic E-state index is 0.346. The van der Waals surface area contributed by atoms with Crippen molar-refractivity contribution >= 4 is 5.97 Å². The summed E-state index contributed by atoms with van der Waals surface area (Å²) >= 11 is 0. The molecular weight excluding hydrogens is 178 g/mol. The van der Waals surface area contributed by atoms with Crippen molar-refractivity contribution in [1.29, 1.82) is 0 Å². The fourth-order valence-electron chi connectivity index (χ4n) is 1.03. The van der Waals surface area contributed by atoms with E-state index in [4.69, 9.17) is 0 Å². The van der Waals surface area contributed by atoms with Crippen molar-refractivity contribution in [1.82, 2.24) is 0 Å². The van der Waals surface area contributed by atoms with E-state index in [0.717, 1.165) is 13.5 Å². The van der Waals surface area contributed by atoms with E-state index >= 15 is 0 Å². The predicted molar refractivity (Wildman–Crippen MR) is 45.7 cm³/mol. The summed E-state index contributed by atoms with van der Waals surface area (Å²) in [7, 11) is 0.975. The average Bonchev–Trinajstić information content (AvgIpc) is 2.12. The molecule has 0 fully saturated rings. The predicted octanol–water partition coefficient (Wildman–Crippen LogP) is 2.62. The first kappa shape index (κ1) is 12.3. The van der Waals surface area contributed by atoms with Crippen molar-refractivity contribution in [3.05, 3.63) is 0 Å². The van der Waals surface area contributed by atoms with Crippen LogP contribution in [0.25, 0.3) is 0 Å². The molecule has 1 unspecified atom stereocenters. The molecule has 0 radical (unpaired) electrons. The van der Waals surface area contributed by atoms with Crippen molar-refractivity contribution in [2.45, 2.75) is 39.0 Å². The van der Waals surface area contributed by atoms with E-state index in [2.05, 4.69) is 4.74 Å². The molecule has 0 aromatic carbocycles. The number of hydrogen-bond acceptors (Lipinski definition) is 2. The molecule has 0 saturated carbocycles. The van der Waals surface area contributed by atoms with E-state index in [9.17, 15) is 13.6 Å². The van der Waals surface area contributed by atoms with Gasteiger partial charge in [-0.15, -0.1) is 0 Å². The Bertz CT molecular complexity index is 169. The van der Waals surface area contributed by atoms with Gasteiger partial charge in [0.05, 0.1) is 7.11 Å². The van der Waals surface area contributed by atoms with Crippen LogP contribution in [0, 0.1) is 5.92 Å². The van der Waals surface area contributed by atoms with Crippen LogP contribution < -0.4 is 0 Å². The molecule has 1 atom stereocenters. The molecule has 0 N–H and O–H groups in total. The molecule has 0 rings (SSSR count). The third-order valence-electron chi connectivity index (χ3n) is 2.07. The molecule has 0 aromatic heterocycles. The van der Waals surface area contributed by atoms with Crippen molar-refractivity contribution in [2.24, 2.45) is 5.92 Å². The first-order valence-electron chi connectivity index (χ1n) is 4.43. The molecule has 0 aliphatic rings. The van der Waals surface area contributed by atoms with Gasteiger partial charge < -0.3 is 4.74 Å². The summed E-state index contributed by atoms with van der Waals surface area (Å²) in [6, 6.07) is 0. The maximum absolute atomic E-state index is 13.1. The first-order chi connectivity index (χ1) is 5.96. The first-order valence-corrected chi connectivity index (χ1v) is 4.43. The monoisotopic (exact) mass is 194 g/mol. The Morgan fingerprint density at radius 1 is 1.54 bits per heavy atom. The summed E-state index contributed by atoms with van der Waals surface area (Å²) in [4.78, 5) is 10.7. The highest BCUT2D eigenvalue weighted by atomic mass is 19.3. The molecule has 0 bridgehead atoms. The van der Waals surface area contributed by atoms with Crippen LogP contribution in [0.3, 0.4) is 0 Å². The number of ether oxygens (including phenoxy) is 1. The van der Waals surface area contributed by atoms with E-state index in [1.165, 1.54) is 6.92 Å². The fraction of sp³-hybridized carbons (Fsp3) is 0.889. The van der Waals surface area contributed by atoms with Gasteiger partial charge in [0, 0.05) is 5.92 Å². The number of unbranched alkanes of at least 4 members (excludes halogenated alkanes) is 1. The molecule has 0 aliphatic heterocycles. The van der Waals surface area contributed by atoms with Crippen LogP contribution in [0.4, 0.5) is 8.78 Å². The zero-order valence-electron chi connectivity index (χ0n) is 8.27. The highest BCUT2D eigenvalue weighted by Crippen LogP contribution is 2.29. The zero-order chi connectivity index (χ0) is 10.5. The lowest BCUT2D eigenvalue weighted by molar-refractivity contribution is -0.176. The van der Waals surface area contributed by atoms with Crippen LogP contribution in [-0.2, 0) is 9.53 Å². The van der Waals surface area contributed by atoms with E-state index in [-0.39, 0.29) is 0 Å². The smallest absolute Gasteiger partial charge is 0.376 e. The van der Waals surface area contributed by atoms with Gasteiger partial charge in [0.1, 0.15) is 0 Å². The molecule has 0 aromatic rings. The van der Waals surface area contributed by atoms with Crippen molar-refractivity contribution in [3.8, 4) is 0 Å². The maximum atomic E-state index is 13.1. The van der Waals surface area contributed by atoms with Crippen LogP contribution >= 0.6 is 0 Å². The molecule has 4 heteroatoms. The normalized spacial score (nSPS) is 13.9. The third-order valence-corrected chi connectivity index (χ3v) is 2.07. The second-order valence-corrected chi connectivity index (χ2v) is 3.16. The van der Waals surface area contributed by atoms with Crippen molar-refractivity contribution in [2.75, 3.05) is 7.11 Å². The number of carbonyl (C=O) groups excluding carboxylic acids is 1. The van der Waals surface area contributed by atoms with E-state index in [1.807, 2.05) is 6.92 Å². The Hall–Kier alpha value is -0.670. The van der Waals surface area contributed by atoms with Crippen molar-refractivity contribution < 1.29 is 18.3 Å². The van der Waals surface area contributed by atoms with Gasteiger partial charge in [0.15, 0.2) is 0 Å². The summed E-state index contributed by atoms with van der Waals surface area (Å²) in [5.41, 5.74) is 0. The van der Waals surface area contributed by atoms with Crippen LogP contribution in [0.2, 0.25) is 0 Å². The van der Waals surface area contributed by atoms with E-state index in [0.29, 0.717) is 12.8 Å². The molecule has 2 nitrogen and oxygen atoms in total. The van der Waals surface area contributed by atoms with Gasteiger partial charge in [0.25, 0.3) is 0 Å². The molecule has 0 heterocycles. The second-order valence-electron chi connectivity index (χ2n) is 3.16. The summed E-state index contributed by atoms with van der Waals surface area (Å²) in [5.74, 6) is -5.72. The number of carbonyl (C=O) groups is 1. The SMILES string of the molecule is CCCCC(C)C(F)(F)C(=O)OC. The highest BCUT2D eigenvalue weighted by molar-refractivity contribution is 5.77. The Kier molecular flexibility index (Phi) is 4.88. The fourth-order valence-corrected chi connectivity index (χ4v) is 1.03. The minimum Gasteiger partial charge on any atom is -0.465 e. The Labute approximate surface area is 77.3 Å². The van der Waals surface area contributed by atoms with E-state index < -0.39 is 17.8 Å². The lowest BCUT2D eigenvalue weighted by Gasteiger charge is -2.20. The molecule has 13 heavy (non-hydrogen) atoms. The number of hydrogen-bond donors (Lipinski definition) is 0. The van der Waals surface area contributed by atoms with Crippen LogP contribution in [-0.4, -0.2) is 19.0 Å². The van der Waals surface area contributed by atoms with Crippen LogP contribution in [0.1, 0.15) is 33.1 Å². The number of halogens is 2. The maximum Gasteiger partial charge on any atom is 0.376 e. The molecular formula is C9H16F2O2. The number of alkyl halides is 2. The third kappa shape index (κ3) is 3.28. The molecule has 0 saturated heterocycles. The topological polar surface area (TPSA) is 26.3 Å². The van der Waals surface area contributed by atoms with Gasteiger partial charge in [-0.2, -0.15) is 8.78 Å².